The van der Waals surface area contributed by atoms with Gasteiger partial charge in [0.15, 0.2) is 5.96 Å². The van der Waals surface area contributed by atoms with Gasteiger partial charge in [-0.25, -0.2) is 4.98 Å². The number of carbonyl (C=O) groups is 1. The van der Waals surface area contributed by atoms with E-state index < -0.39 is 0 Å². The number of amides is 1. The van der Waals surface area contributed by atoms with Crippen molar-refractivity contribution < 1.29 is 4.79 Å². The first-order valence-corrected chi connectivity index (χ1v) is 11.0. The lowest BCUT2D eigenvalue weighted by Crippen LogP contribution is -2.38. The third kappa shape index (κ3) is 6.56. The normalized spacial score (nSPS) is 13.7. The summed E-state index contributed by atoms with van der Waals surface area (Å²) in [6.45, 7) is 2.86. The van der Waals surface area contributed by atoms with Gasteiger partial charge in [-0.3, -0.25) is 9.79 Å². The average molecular weight is 558 g/mol. The van der Waals surface area contributed by atoms with E-state index in [0.717, 1.165) is 41.6 Å². The molecule has 174 valence electrons. The zero-order valence-electron chi connectivity index (χ0n) is 19.1. The van der Waals surface area contributed by atoms with Gasteiger partial charge in [0.05, 0.1) is 18.4 Å². The second-order valence-electron chi connectivity index (χ2n) is 8.10. The Hall–Kier alpha value is -2.88. The first-order chi connectivity index (χ1) is 15.6. The van der Waals surface area contributed by atoms with Crippen molar-refractivity contribution in [3.05, 3.63) is 77.7 Å². The molecule has 4 rings (SSSR count). The molecule has 2 heterocycles. The predicted molar refractivity (Wildman–Crippen MR) is 142 cm³/mol. The summed E-state index contributed by atoms with van der Waals surface area (Å²) in [5, 5.41) is 3.41. The van der Waals surface area contributed by atoms with Crippen LogP contribution in [0.15, 0.2) is 65.8 Å². The van der Waals surface area contributed by atoms with Crippen LogP contribution in [0.25, 0.3) is 11.3 Å². The van der Waals surface area contributed by atoms with E-state index in [1.807, 2.05) is 41.2 Å². The Bertz CT molecular complexity index is 1060. The van der Waals surface area contributed by atoms with Gasteiger partial charge in [0.1, 0.15) is 5.82 Å². The topological polar surface area (TPSA) is 76.6 Å². The number of imidazole rings is 1. The SMILES string of the molecule is CN=C(NCc1ccc(CN2CCCC2=O)cc1)N(C)Cc1ncc(-c2ccccc2)[nH]1.I. The van der Waals surface area contributed by atoms with Crippen LogP contribution in [-0.4, -0.2) is 52.3 Å². The summed E-state index contributed by atoms with van der Waals surface area (Å²) in [4.78, 5) is 28.1. The molecule has 0 bridgehead atoms. The van der Waals surface area contributed by atoms with Gasteiger partial charge in [0.2, 0.25) is 5.91 Å². The summed E-state index contributed by atoms with van der Waals surface area (Å²) >= 11 is 0. The Balaban J connectivity index is 0.00000306. The van der Waals surface area contributed by atoms with Gasteiger partial charge in [-0.2, -0.15) is 0 Å². The Kier molecular flexibility index (Phi) is 8.87. The number of guanidine groups is 1. The summed E-state index contributed by atoms with van der Waals surface area (Å²) in [7, 11) is 3.78. The van der Waals surface area contributed by atoms with Crippen molar-refractivity contribution in [3.8, 4) is 11.3 Å². The number of H-pyrrole nitrogens is 1. The van der Waals surface area contributed by atoms with Gasteiger partial charge in [0, 0.05) is 40.2 Å². The molecular weight excluding hydrogens is 527 g/mol. The highest BCUT2D eigenvalue weighted by molar-refractivity contribution is 14.0. The molecule has 1 saturated heterocycles. The van der Waals surface area contributed by atoms with Crippen molar-refractivity contribution in [2.24, 2.45) is 4.99 Å². The molecule has 1 aliphatic heterocycles. The van der Waals surface area contributed by atoms with E-state index in [9.17, 15) is 4.79 Å². The molecule has 2 N–H and O–H groups in total. The first-order valence-electron chi connectivity index (χ1n) is 11.0. The highest BCUT2D eigenvalue weighted by Crippen LogP contribution is 2.17. The predicted octanol–water partition coefficient (Wildman–Crippen LogP) is 4.02. The van der Waals surface area contributed by atoms with Crippen LogP contribution in [0.5, 0.6) is 0 Å². The molecular formula is C25H31IN6O. The van der Waals surface area contributed by atoms with E-state index in [0.29, 0.717) is 26.1 Å². The minimum absolute atomic E-state index is 0. The quantitative estimate of drug-likeness (QED) is 0.261. The summed E-state index contributed by atoms with van der Waals surface area (Å²) in [5.74, 6) is 1.94. The molecule has 1 amide bonds. The third-order valence-electron chi connectivity index (χ3n) is 5.69. The van der Waals surface area contributed by atoms with E-state index in [-0.39, 0.29) is 29.9 Å². The number of carbonyl (C=O) groups excluding carboxylic acids is 1. The van der Waals surface area contributed by atoms with Crippen molar-refractivity contribution in [1.82, 2.24) is 25.1 Å². The number of aliphatic imine (C=N–C) groups is 1. The van der Waals surface area contributed by atoms with Crippen LogP contribution in [0.4, 0.5) is 0 Å². The van der Waals surface area contributed by atoms with Gasteiger partial charge in [0.25, 0.3) is 0 Å². The van der Waals surface area contributed by atoms with Crippen LogP contribution in [0, 0.1) is 0 Å². The molecule has 0 spiro atoms. The standard InChI is InChI=1S/C25H30N6O.HI/c1-26-25(30(2)18-23-27-16-22(29-23)21-7-4-3-5-8-21)28-15-19-10-12-20(13-11-19)17-31-14-6-9-24(31)32;/h3-5,7-8,10-13,16H,6,9,14-15,17-18H2,1-2H3,(H,26,28)(H,27,29);1H. The van der Waals surface area contributed by atoms with Crippen molar-refractivity contribution in [1.29, 1.82) is 0 Å². The van der Waals surface area contributed by atoms with Crippen LogP contribution < -0.4 is 5.32 Å². The van der Waals surface area contributed by atoms with Crippen LogP contribution >= 0.6 is 24.0 Å². The number of aromatic nitrogens is 2. The van der Waals surface area contributed by atoms with Crippen molar-refractivity contribution >= 4 is 35.8 Å². The maximum absolute atomic E-state index is 11.8. The van der Waals surface area contributed by atoms with Gasteiger partial charge < -0.3 is 20.1 Å². The lowest BCUT2D eigenvalue weighted by molar-refractivity contribution is -0.128. The number of likely N-dealkylation sites (tertiary alicyclic amines) is 1. The Morgan fingerprint density at radius 1 is 1.15 bits per heavy atom. The molecule has 7 nitrogen and oxygen atoms in total. The van der Waals surface area contributed by atoms with E-state index in [2.05, 4.69) is 56.7 Å². The molecule has 0 aliphatic carbocycles. The molecule has 1 fully saturated rings. The molecule has 0 radical (unpaired) electrons. The molecule has 1 aliphatic rings. The Labute approximate surface area is 212 Å². The van der Waals surface area contributed by atoms with Crippen LogP contribution in [0.1, 0.15) is 29.8 Å². The number of aromatic amines is 1. The summed E-state index contributed by atoms with van der Waals surface area (Å²) in [5.41, 5.74) is 4.46. The minimum atomic E-state index is 0. The molecule has 8 heteroatoms. The molecule has 1 aromatic heterocycles. The zero-order valence-corrected chi connectivity index (χ0v) is 21.5. The number of hydrogen-bond acceptors (Lipinski definition) is 3. The third-order valence-corrected chi connectivity index (χ3v) is 5.69. The first kappa shape index (κ1) is 24.8. The fraction of sp³-hybridized carbons (Fsp3) is 0.320. The maximum Gasteiger partial charge on any atom is 0.222 e. The summed E-state index contributed by atoms with van der Waals surface area (Å²) < 4.78 is 0. The summed E-state index contributed by atoms with van der Waals surface area (Å²) in [6.07, 6.45) is 3.52. The highest BCUT2D eigenvalue weighted by atomic mass is 127. The van der Waals surface area contributed by atoms with Crippen molar-refractivity contribution in [2.75, 3.05) is 20.6 Å². The smallest absolute Gasteiger partial charge is 0.222 e. The lowest BCUT2D eigenvalue weighted by atomic mass is 10.1. The molecule has 2 aromatic carbocycles. The number of rotatable bonds is 7. The number of halogens is 1. The van der Waals surface area contributed by atoms with E-state index in [1.165, 1.54) is 5.56 Å². The van der Waals surface area contributed by atoms with E-state index in [4.69, 9.17) is 0 Å². The maximum atomic E-state index is 11.8. The number of benzene rings is 2. The van der Waals surface area contributed by atoms with Crippen LogP contribution in [-0.2, 0) is 24.4 Å². The van der Waals surface area contributed by atoms with E-state index in [1.54, 1.807) is 7.05 Å². The second kappa shape index (κ2) is 11.8. The van der Waals surface area contributed by atoms with Gasteiger partial charge in [-0.15, -0.1) is 24.0 Å². The second-order valence-corrected chi connectivity index (χ2v) is 8.10. The van der Waals surface area contributed by atoms with Crippen molar-refractivity contribution in [3.63, 3.8) is 0 Å². The van der Waals surface area contributed by atoms with Crippen LogP contribution in [0.2, 0.25) is 0 Å². The molecule has 0 unspecified atom stereocenters. The van der Waals surface area contributed by atoms with Gasteiger partial charge in [-0.05, 0) is 23.1 Å². The van der Waals surface area contributed by atoms with Gasteiger partial charge in [-0.1, -0.05) is 54.6 Å². The molecule has 3 aromatic rings. The highest BCUT2D eigenvalue weighted by Gasteiger charge is 2.19. The monoisotopic (exact) mass is 558 g/mol. The largest absolute Gasteiger partial charge is 0.352 e. The zero-order chi connectivity index (χ0) is 22.3. The van der Waals surface area contributed by atoms with Crippen LogP contribution in [0.3, 0.4) is 0 Å². The Morgan fingerprint density at radius 2 is 1.88 bits per heavy atom. The van der Waals surface area contributed by atoms with Gasteiger partial charge >= 0.3 is 0 Å². The minimum Gasteiger partial charge on any atom is -0.352 e. The fourth-order valence-corrected chi connectivity index (χ4v) is 3.93. The number of nitrogens with zero attached hydrogens (tertiary/aromatic N) is 4. The lowest BCUT2D eigenvalue weighted by Gasteiger charge is -2.21. The molecule has 0 atom stereocenters. The average Bonchev–Trinajstić information content (AvgIpc) is 3.45. The summed E-state index contributed by atoms with van der Waals surface area (Å²) in [6, 6.07) is 18.6. The Morgan fingerprint density at radius 3 is 2.55 bits per heavy atom. The number of hydrogen-bond donors (Lipinski definition) is 2. The van der Waals surface area contributed by atoms with Crippen molar-refractivity contribution in [2.45, 2.75) is 32.5 Å². The van der Waals surface area contributed by atoms with E-state index >= 15 is 0 Å². The molecule has 33 heavy (non-hydrogen) atoms. The fourth-order valence-electron chi connectivity index (χ4n) is 3.93. The molecule has 0 saturated carbocycles. The number of nitrogens with one attached hydrogen (secondary N) is 2.